The molecule has 8 nitrogen and oxygen atoms in total. The lowest BCUT2D eigenvalue weighted by Gasteiger charge is -2.31. The first-order valence-corrected chi connectivity index (χ1v) is 8.88. The second-order valence-electron chi connectivity index (χ2n) is 7.08. The highest BCUT2D eigenvalue weighted by Gasteiger charge is 2.33. The lowest BCUT2D eigenvalue weighted by molar-refractivity contribution is 0.0695. The number of carboxylic acid groups (broad SMARTS) is 1. The molecule has 0 atom stereocenters. The maximum Gasteiger partial charge on any atom is 0.341 e. The Hall–Kier alpha value is -3.17. The second kappa shape index (κ2) is 6.47. The van der Waals surface area contributed by atoms with Gasteiger partial charge in [-0.1, -0.05) is 5.16 Å². The number of hydrogen-bond donors (Lipinski definition) is 3. The number of piperidine rings is 1. The van der Waals surface area contributed by atoms with Gasteiger partial charge in [-0.05, 0) is 12.8 Å². The van der Waals surface area contributed by atoms with Crippen LogP contribution in [-0.2, 0) is 0 Å². The fraction of sp³-hybridized carbons (Fsp3) is 0.389. The van der Waals surface area contributed by atoms with Gasteiger partial charge < -0.3 is 25.5 Å². The van der Waals surface area contributed by atoms with E-state index in [9.17, 15) is 14.7 Å². The number of nitrogen functional groups attached to an aromatic ring is 1. The largest absolute Gasteiger partial charge is 0.477 e. The first-order valence-electron chi connectivity index (χ1n) is 8.88. The quantitative estimate of drug-likeness (QED) is 0.419. The number of anilines is 2. The van der Waals surface area contributed by atoms with Crippen molar-refractivity contribution in [2.75, 3.05) is 23.7 Å². The van der Waals surface area contributed by atoms with E-state index in [1.54, 1.807) is 0 Å². The van der Waals surface area contributed by atoms with E-state index in [0.29, 0.717) is 31.4 Å². The fourth-order valence-corrected chi connectivity index (χ4v) is 3.71. The fourth-order valence-electron chi connectivity index (χ4n) is 3.71. The van der Waals surface area contributed by atoms with Crippen LogP contribution < -0.4 is 16.1 Å². The van der Waals surface area contributed by atoms with Crippen LogP contribution in [0.25, 0.3) is 10.9 Å². The molecule has 4 N–H and O–H groups in total. The molecule has 4 rings (SSSR count). The third-order valence-electron chi connectivity index (χ3n) is 5.33. The summed E-state index contributed by atoms with van der Waals surface area (Å²) in [6.07, 6.45) is 3.18. The minimum absolute atomic E-state index is 0.164. The Bertz CT molecular complexity index is 1080. The standard InChI is InChI=1S/C18H18F2N4O4/c19-12-14(21)11-15(13(20)16(12)23-5-3-8(22-28)4-6-23)24(9-1-2-9)7-10(17(11)25)18(26)27/h7,9,28H,1-6,21H2,(H,26,27). The molecule has 0 unspecified atom stereocenters. The topological polar surface area (TPSA) is 121 Å². The van der Waals surface area contributed by atoms with Crippen LogP contribution in [0.4, 0.5) is 20.2 Å². The highest BCUT2D eigenvalue weighted by atomic mass is 19.1. The van der Waals surface area contributed by atoms with E-state index < -0.39 is 39.7 Å². The Kier molecular flexibility index (Phi) is 4.20. The number of oxime groups is 1. The predicted octanol–water partition coefficient (Wildman–Crippen LogP) is 2.33. The molecular weight excluding hydrogens is 374 g/mol. The summed E-state index contributed by atoms with van der Waals surface area (Å²) in [6.45, 7) is 0.443. The third-order valence-corrected chi connectivity index (χ3v) is 5.33. The van der Waals surface area contributed by atoms with Gasteiger partial charge in [-0.2, -0.15) is 0 Å². The van der Waals surface area contributed by atoms with Crippen LogP contribution >= 0.6 is 0 Å². The van der Waals surface area contributed by atoms with Crippen LogP contribution in [0.2, 0.25) is 0 Å². The molecule has 1 aromatic heterocycles. The van der Waals surface area contributed by atoms with Gasteiger partial charge in [0.15, 0.2) is 11.6 Å². The summed E-state index contributed by atoms with van der Waals surface area (Å²) in [5.74, 6) is -3.50. The number of nitrogens with two attached hydrogens (primary N) is 1. The van der Waals surface area contributed by atoms with Gasteiger partial charge >= 0.3 is 5.97 Å². The molecule has 2 aromatic rings. The highest BCUT2D eigenvalue weighted by Crippen LogP contribution is 2.41. The van der Waals surface area contributed by atoms with Gasteiger partial charge in [-0.3, -0.25) is 4.79 Å². The predicted molar refractivity (Wildman–Crippen MR) is 98.4 cm³/mol. The number of rotatable bonds is 3. The molecule has 2 heterocycles. The first kappa shape index (κ1) is 18.2. The van der Waals surface area contributed by atoms with Crippen molar-refractivity contribution in [2.24, 2.45) is 5.16 Å². The van der Waals surface area contributed by atoms with Crippen molar-refractivity contribution in [3.63, 3.8) is 0 Å². The molecular formula is C18H18F2N4O4. The van der Waals surface area contributed by atoms with Crippen molar-refractivity contribution in [1.82, 2.24) is 4.57 Å². The summed E-state index contributed by atoms with van der Waals surface area (Å²) in [6, 6.07) is -0.164. The van der Waals surface area contributed by atoms with Crippen molar-refractivity contribution in [1.29, 1.82) is 0 Å². The Morgan fingerprint density at radius 2 is 1.86 bits per heavy atom. The summed E-state index contributed by atoms with van der Waals surface area (Å²) in [5, 5.41) is 20.9. The normalized spacial score (nSPS) is 17.2. The van der Waals surface area contributed by atoms with E-state index in [-0.39, 0.29) is 30.3 Å². The number of nitrogens with zero attached hydrogens (tertiary/aromatic N) is 3. The van der Waals surface area contributed by atoms with Crippen molar-refractivity contribution >= 4 is 34.0 Å². The molecule has 1 saturated carbocycles. The molecule has 1 saturated heterocycles. The Balaban J connectivity index is 2.00. The van der Waals surface area contributed by atoms with Gasteiger partial charge in [-0.25, -0.2) is 13.6 Å². The maximum atomic E-state index is 15.5. The van der Waals surface area contributed by atoms with Gasteiger partial charge in [0.05, 0.1) is 22.3 Å². The SMILES string of the molecule is Nc1c(F)c(N2CCC(=NO)CC2)c(F)c2c1c(=O)c(C(=O)O)cn2C1CC1. The number of aromatic nitrogens is 1. The zero-order valence-electron chi connectivity index (χ0n) is 14.8. The Labute approximate surface area is 157 Å². The van der Waals surface area contributed by atoms with Crippen LogP contribution in [0.3, 0.4) is 0 Å². The average molecular weight is 392 g/mol. The number of hydrogen-bond acceptors (Lipinski definition) is 6. The zero-order chi connectivity index (χ0) is 20.2. The molecule has 2 aliphatic rings. The molecule has 0 radical (unpaired) electrons. The van der Waals surface area contributed by atoms with E-state index in [2.05, 4.69) is 5.16 Å². The third kappa shape index (κ3) is 2.67. The highest BCUT2D eigenvalue weighted by molar-refractivity contribution is 6.00. The monoisotopic (exact) mass is 392 g/mol. The molecule has 0 bridgehead atoms. The second-order valence-corrected chi connectivity index (χ2v) is 7.08. The van der Waals surface area contributed by atoms with Crippen LogP contribution in [0.1, 0.15) is 42.1 Å². The number of halogens is 2. The van der Waals surface area contributed by atoms with Crippen LogP contribution in [0.5, 0.6) is 0 Å². The van der Waals surface area contributed by atoms with Crippen LogP contribution in [0.15, 0.2) is 16.1 Å². The Morgan fingerprint density at radius 1 is 1.21 bits per heavy atom. The van der Waals surface area contributed by atoms with Gasteiger partial charge in [0.2, 0.25) is 5.43 Å². The summed E-state index contributed by atoms with van der Waals surface area (Å²) in [7, 11) is 0. The first-order chi connectivity index (χ1) is 13.3. The molecule has 0 amide bonds. The molecule has 2 fully saturated rings. The number of benzene rings is 1. The lowest BCUT2D eigenvalue weighted by atomic mass is 10.0. The van der Waals surface area contributed by atoms with Gasteiger partial charge in [0.25, 0.3) is 0 Å². The van der Waals surface area contributed by atoms with E-state index in [1.807, 2.05) is 0 Å². The zero-order valence-corrected chi connectivity index (χ0v) is 14.8. The van der Waals surface area contributed by atoms with Gasteiger partial charge in [0, 0.05) is 38.2 Å². The Morgan fingerprint density at radius 3 is 2.39 bits per heavy atom. The van der Waals surface area contributed by atoms with E-state index in [1.165, 1.54) is 9.47 Å². The minimum atomic E-state index is -1.47. The number of pyridine rings is 1. The number of carbonyl (C=O) groups is 1. The van der Waals surface area contributed by atoms with E-state index >= 15 is 8.78 Å². The molecule has 1 aliphatic heterocycles. The molecule has 28 heavy (non-hydrogen) atoms. The summed E-state index contributed by atoms with van der Waals surface area (Å²) < 4.78 is 31.9. The van der Waals surface area contributed by atoms with Crippen molar-refractivity contribution in [3.05, 3.63) is 33.6 Å². The molecule has 0 spiro atoms. The molecule has 1 aliphatic carbocycles. The number of aromatic carboxylic acids is 1. The van der Waals surface area contributed by atoms with Crippen LogP contribution in [0, 0.1) is 11.6 Å². The van der Waals surface area contributed by atoms with Crippen LogP contribution in [-0.4, -0.2) is 39.7 Å². The molecule has 10 heteroatoms. The molecule has 148 valence electrons. The maximum absolute atomic E-state index is 15.5. The smallest absolute Gasteiger partial charge is 0.341 e. The molecule has 1 aromatic carbocycles. The van der Waals surface area contributed by atoms with Crippen molar-refractivity contribution in [2.45, 2.75) is 31.7 Å². The summed E-state index contributed by atoms with van der Waals surface area (Å²) in [5.41, 5.74) is 3.75. The summed E-state index contributed by atoms with van der Waals surface area (Å²) >= 11 is 0. The average Bonchev–Trinajstić information content (AvgIpc) is 3.51. The lowest BCUT2D eigenvalue weighted by Crippen LogP contribution is -2.35. The van der Waals surface area contributed by atoms with E-state index in [4.69, 9.17) is 10.9 Å². The van der Waals surface area contributed by atoms with Gasteiger partial charge in [-0.15, -0.1) is 0 Å². The number of carboxylic acids is 1. The minimum Gasteiger partial charge on any atom is -0.477 e. The summed E-state index contributed by atoms with van der Waals surface area (Å²) in [4.78, 5) is 25.5. The van der Waals surface area contributed by atoms with Crippen molar-refractivity contribution < 1.29 is 23.9 Å². The van der Waals surface area contributed by atoms with Crippen molar-refractivity contribution in [3.8, 4) is 0 Å². The van der Waals surface area contributed by atoms with E-state index in [0.717, 1.165) is 6.20 Å². The number of fused-ring (bicyclic) bond motifs is 1. The van der Waals surface area contributed by atoms with Gasteiger partial charge in [0.1, 0.15) is 11.3 Å².